The fourth-order valence-electron chi connectivity index (χ4n) is 9.51. The van der Waals surface area contributed by atoms with Crippen molar-refractivity contribution in [2.75, 3.05) is 0 Å². The smallest absolute Gasteiger partial charge is 0.144 e. The van der Waals surface area contributed by atoms with E-state index in [1.54, 1.807) is 0 Å². The number of aromatic nitrogens is 4. The maximum atomic E-state index is 6.78. The molecular weight excluding hydrogens is 787 g/mol. The van der Waals surface area contributed by atoms with Crippen molar-refractivity contribution in [1.29, 1.82) is 0 Å². The van der Waals surface area contributed by atoms with Gasteiger partial charge in [0.2, 0.25) is 0 Å². The molecule has 0 N–H and O–H groups in total. The quantitative estimate of drug-likeness (QED) is 0.115. The van der Waals surface area contributed by atoms with Gasteiger partial charge >= 0.3 is 0 Å². The fourth-order valence-corrected chi connectivity index (χ4v) is 9.51. The largest absolute Gasteiger partial charge is 0.299 e. The summed E-state index contributed by atoms with van der Waals surface area (Å²) in [5, 5.41) is 0. The predicted molar refractivity (Wildman–Crippen MR) is 275 cm³/mol. The minimum atomic E-state index is 0.379. The van der Waals surface area contributed by atoms with Crippen LogP contribution in [0.2, 0.25) is 0 Å². The lowest BCUT2D eigenvalue weighted by Crippen LogP contribution is -2.07. The molecule has 0 atom stereocenters. The third-order valence-electron chi connectivity index (χ3n) is 12.8. The van der Waals surface area contributed by atoms with Crippen molar-refractivity contribution in [2.45, 2.75) is 79.1 Å². The zero-order chi connectivity index (χ0) is 45.4. The summed E-state index contributed by atoms with van der Waals surface area (Å²) >= 11 is 0. The van der Waals surface area contributed by atoms with E-state index in [9.17, 15) is 0 Å². The van der Waals surface area contributed by atoms with Crippen LogP contribution in [0.15, 0.2) is 176 Å². The summed E-state index contributed by atoms with van der Waals surface area (Å²) in [7, 11) is 6.78. The fraction of sp³-hybridized carbons (Fsp3) is 0.200. The Morgan fingerprint density at radius 3 is 0.985 bits per heavy atom. The lowest BCUT2D eigenvalue weighted by atomic mass is 9.84. The van der Waals surface area contributed by atoms with Crippen LogP contribution in [0.4, 0.5) is 0 Å². The molecule has 2 heterocycles. The molecule has 0 saturated carbocycles. The van der Waals surface area contributed by atoms with E-state index >= 15 is 0 Å². The van der Waals surface area contributed by atoms with Crippen molar-refractivity contribution in [1.82, 2.24) is 19.1 Å². The van der Waals surface area contributed by atoms with Crippen molar-refractivity contribution >= 4 is 13.3 Å². The number of rotatable bonds is 12. The maximum Gasteiger partial charge on any atom is 0.144 e. The third-order valence-corrected chi connectivity index (χ3v) is 12.8. The lowest BCUT2D eigenvalue weighted by molar-refractivity contribution is 0.806. The van der Waals surface area contributed by atoms with Gasteiger partial charge in [-0.05, 0) is 96.5 Å². The molecule has 7 aromatic carbocycles. The van der Waals surface area contributed by atoms with Gasteiger partial charge in [0.05, 0.1) is 11.4 Å². The van der Waals surface area contributed by atoms with Crippen LogP contribution < -0.4 is 5.46 Å². The summed E-state index contributed by atoms with van der Waals surface area (Å²) in [5.74, 6) is 3.39. The summed E-state index contributed by atoms with van der Waals surface area (Å²) in [6.45, 7) is 18.1. The minimum absolute atomic E-state index is 0.379. The van der Waals surface area contributed by atoms with Gasteiger partial charge in [0, 0.05) is 35.9 Å². The van der Waals surface area contributed by atoms with E-state index < -0.39 is 0 Å². The summed E-state index contributed by atoms with van der Waals surface area (Å²) in [6.07, 6.45) is 8.03. The van der Waals surface area contributed by atoms with Crippen LogP contribution in [0.5, 0.6) is 0 Å². The van der Waals surface area contributed by atoms with E-state index in [0.29, 0.717) is 23.7 Å². The molecule has 0 amide bonds. The zero-order valence-corrected chi connectivity index (χ0v) is 38.9. The Morgan fingerprint density at radius 1 is 0.354 bits per heavy atom. The molecule has 0 unspecified atom stereocenters. The Balaban J connectivity index is 1.04. The van der Waals surface area contributed by atoms with E-state index in [2.05, 4.69) is 229 Å². The predicted octanol–water partition coefficient (Wildman–Crippen LogP) is 15.3. The topological polar surface area (TPSA) is 35.6 Å². The Kier molecular flexibility index (Phi) is 12.2. The summed E-state index contributed by atoms with van der Waals surface area (Å²) in [4.78, 5) is 9.80. The van der Waals surface area contributed by atoms with Gasteiger partial charge in [0.15, 0.2) is 0 Å². The third kappa shape index (κ3) is 8.44. The van der Waals surface area contributed by atoms with E-state index in [4.69, 9.17) is 17.8 Å². The number of para-hydroxylation sites is 2. The second kappa shape index (κ2) is 18.3. The zero-order valence-electron chi connectivity index (χ0n) is 38.9. The van der Waals surface area contributed by atoms with Gasteiger partial charge in [-0.1, -0.05) is 206 Å². The van der Waals surface area contributed by atoms with Crippen molar-refractivity contribution < 1.29 is 0 Å². The molecule has 65 heavy (non-hydrogen) atoms. The molecule has 320 valence electrons. The minimum Gasteiger partial charge on any atom is -0.299 e. The monoisotopic (exact) mass is 844 g/mol. The van der Waals surface area contributed by atoms with E-state index in [1.807, 2.05) is 12.4 Å². The standard InChI is InChI=1S/C60H57BN4/c1-38(2)49-19-13-20-50(39(3)4)57(49)64-33-31-62-59(64)44-27-23-42(24-28-44)53-15-9-11-17-55(53)46-35-47(37-48(61)36-46)56-18-12-10-16-54(56)43-25-29-45(30-26-43)60-63-32-34-65(60)58-51(40(5)6)21-14-22-52(58)41(7)8/h9-41H,1-8H3. The van der Waals surface area contributed by atoms with Crippen LogP contribution in [0.25, 0.3) is 78.7 Å². The van der Waals surface area contributed by atoms with E-state index in [-0.39, 0.29) is 0 Å². The van der Waals surface area contributed by atoms with Crippen LogP contribution in [0, 0.1) is 0 Å². The molecule has 4 nitrogen and oxygen atoms in total. The van der Waals surface area contributed by atoms with Gasteiger partial charge in [-0.15, -0.1) is 0 Å². The SMILES string of the molecule is [B]c1cc(-c2ccccc2-c2ccc(-c3nccn3-c3c(C(C)C)cccc3C(C)C)cc2)cc(-c2ccccc2-c2ccc(-c3nccn3-c3c(C(C)C)cccc3C(C)C)cc2)c1. The second-order valence-electron chi connectivity index (χ2n) is 18.5. The highest BCUT2D eigenvalue weighted by Gasteiger charge is 2.21. The van der Waals surface area contributed by atoms with Crippen molar-refractivity contribution in [3.05, 3.63) is 199 Å². The van der Waals surface area contributed by atoms with Crippen LogP contribution in [-0.4, -0.2) is 26.9 Å². The van der Waals surface area contributed by atoms with Gasteiger partial charge in [0.1, 0.15) is 19.5 Å². The van der Waals surface area contributed by atoms with Gasteiger partial charge < -0.3 is 0 Å². The Bertz CT molecular complexity index is 2850. The van der Waals surface area contributed by atoms with E-state index in [1.165, 1.54) is 33.6 Å². The number of benzene rings is 7. The molecule has 0 aliphatic rings. The van der Waals surface area contributed by atoms with Crippen molar-refractivity contribution in [3.63, 3.8) is 0 Å². The molecule has 2 aromatic heterocycles. The highest BCUT2D eigenvalue weighted by Crippen LogP contribution is 2.40. The summed E-state index contributed by atoms with van der Waals surface area (Å²) < 4.78 is 4.56. The molecule has 0 aliphatic carbocycles. The number of imidazole rings is 2. The molecule has 0 bridgehead atoms. The van der Waals surface area contributed by atoms with Crippen LogP contribution in [0.1, 0.15) is 101 Å². The molecule has 0 aliphatic heterocycles. The Hall–Kier alpha value is -6.98. The number of hydrogen-bond donors (Lipinski definition) is 0. The Morgan fingerprint density at radius 2 is 0.662 bits per heavy atom. The van der Waals surface area contributed by atoms with Crippen molar-refractivity contribution in [3.8, 4) is 78.7 Å². The Labute approximate surface area is 387 Å². The number of nitrogens with zero attached hydrogens (tertiary/aromatic N) is 4. The molecule has 0 spiro atoms. The summed E-state index contributed by atoms with van der Waals surface area (Å²) in [5.41, 5.74) is 19.6. The molecule has 9 rings (SSSR count). The highest BCUT2D eigenvalue weighted by atomic mass is 15.1. The van der Waals surface area contributed by atoms with Gasteiger partial charge in [-0.25, -0.2) is 9.97 Å². The van der Waals surface area contributed by atoms with Crippen molar-refractivity contribution in [2.24, 2.45) is 0 Å². The first-order valence-corrected chi connectivity index (χ1v) is 23.1. The maximum absolute atomic E-state index is 6.78. The second-order valence-corrected chi connectivity index (χ2v) is 18.5. The first kappa shape index (κ1) is 43.3. The first-order valence-electron chi connectivity index (χ1n) is 23.1. The molecule has 0 fully saturated rings. The molecule has 9 aromatic rings. The van der Waals surface area contributed by atoms with Gasteiger partial charge in [0.25, 0.3) is 0 Å². The van der Waals surface area contributed by atoms with Gasteiger partial charge in [-0.2, -0.15) is 0 Å². The average Bonchev–Trinajstić information content (AvgIpc) is 4.02. The summed E-state index contributed by atoms with van der Waals surface area (Å²) in [6, 6.07) is 54.7. The molecule has 0 saturated heterocycles. The molecule has 2 radical (unpaired) electrons. The van der Waals surface area contributed by atoms with Crippen LogP contribution in [-0.2, 0) is 0 Å². The van der Waals surface area contributed by atoms with Gasteiger partial charge in [-0.3, -0.25) is 9.13 Å². The average molecular weight is 845 g/mol. The van der Waals surface area contributed by atoms with Crippen LogP contribution in [0.3, 0.4) is 0 Å². The highest BCUT2D eigenvalue weighted by molar-refractivity contribution is 6.33. The normalized spacial score (nSPS) is 11.7. The van der Waals surface area contributed by atoms with E-state index in [0.717, 1.165) is 72.7 Å². The van der Waals surface area contributed by atoms with Crippen LogP contribution >= 0.6 is 0 Å². The first-order chi connectivity index (χ1) is 31.5. The molecule has 5 heteroatoms. The molecular formula is C60H57BN4. The lowest BCUT2D eigenvalue weighted by Gasteiger charge is -2.22. The number of hydrogen-bond acceptors (Lipinski definition) is 2.